The quantitative estimate of drug-likeness (QED) is 0.390. The first-order chi connectivity index (χ1) is 15.1. The Bertz CT molecular complexity index is 1130. The van der Waals surface area contributed by atoms with E-state index in [2.05, 4.69) is 11.9 Å². The summed E-state index contributed by atoms with van der Waals surface area (Å²) >= 11 is 0. The molecule has 0 aliphatic rings. The highest BCUT2D eigenvalue weighted by molar-refractivity contribution is 5.97. The van der Waals surface area contributed by atoms with Crippen molar-refractivity contribution in [1.29, 1.82) is 0 Å². The molecule has 0 bridgehead atoms. The minimum Gasteiger partial charge on any atom is -0.490 e. The second-order valence-corrected chi connectivity index (χ2v) is 6.93. The molecule has 3 aromatic rings. The minimum atomic E-state index is -0.652. The molecule has 31 heavy (non-hydrogen) atoms. The SMILES string of the molecule is C=CCc1cccc2cc(C(=O)NCCc3ccc(OCC)c(OCC)c3)c(=O)oc12. The zero-order valence-electron chi connectivity index (χ0n) is 17.9. The molecule has 0 aliphatic heterocycles. The zero-order chi connectivity index (χ0) is 22.2. The molecule has 0 saturated heterocycles. The van der Waals surface area contributed by atoms with Gasteiger partial charge >= 0.3 is 5.63 Å². The maximum atomic E-state index is 12.6. The Hall–Kier alpha value is -3.54. The van der Waals surface area contributed by atoms with E-state index in [9.17, 15) is 9.59 Å². The van der Waals surface area contributed by atoms with Gasteiger partial charge in [-0.25, -0.2) is 4.79 Å². The molecule has 0 spiro atoms. The molecule has 1 heterocycles. The predicted molar refractivity (Wildman–Crippen MR) is 121 cm³/mol. The van der Waals surface area contributed by atoms with E-state index in [1.165, 1.54) is 0 Å². The summed E-state index contributed by atoms with van der Waals surface area (Å²) in [5.41, 5.74) is 1.68. The molecule has 1 N–H and O–H groups in total. The number of allylic oxidation sites excluding steroid dienone is 1. The zero-order valence-corrected chi connectivity index (χ0v) is 17.9. The van der Waals surface area contributed by atoms with E-state index >= 15 is 0 Å². The molecule has 6 nitrogen and oxygen atoms in total. The second kappa shape index (κ2) is 10.5. The van der Waals surface area contributed by atoms with Crippen molar-refractivity contribution in [3.63, 3.8) is 0 Å². The average Bonchev–Trinajstić information content (AvgIpc) is 2.76. The Morgan fingerprint density at radius 1 is 1.10 bits per heavy atom. The summed E-state index contributed by atoms with van der Waals surface area (Å²) in [6.45, 7) is 9.01. The highest BCUT2D eigenvalue weighted by Gasteiger charge is 2.15. The normalized spacial score (nSPS) is 10.6. The van der Waals surface area contributed by atoms with Crippen LogP contribution >= 0.6 is 0 Å². The Morgan fingerprint density at radius 3 is 2.61 bits per heavy atom. The summed E-state index contributed by atoms with van der Waals surface area (Å²) in [5, 5.41) is 3.50. The van der Waals surface area contributed by atoms with E-state index in [0.717, 1.165) is 11.1 Å². The van der Waals surface area contributed by atoms with Gasteiger partial charge in [0.2, 0.25) is 0 Å². The van der Waals surface area contributed by atoms with Crippen LogP contribution in [0.3, 0.4) is 0 Å². The smallest absolute Gasteiger partial charge is 0.349 e. The van der Waals surface area contributed by atoms with Gasteiger partial charge in [-0.3, -0.25) is 4.79 Å². The molecule has 0 unspecified atom stereocenters. The van der Waals surface area contributed by atoms with Gasteiger partial charge in [0.25, 0.3) is 5.91 Å². The lowest BCUT2D eigenvalue weighted by Crippen LogP contribution is -2.30. The van der Waals surface area contributed by atoms with Crippen LogP contribution in [0.5, 0.6) is 11.5 Å². The Labute approximate surface area is 181 Å². The molecule has 0 saturated carbocycles. The minimum absolute atomic E-state index is 0.00930. The van der Waals surface area contributed by atoms with Crippen LogP contribution in [0.2, 0.25) is 0 Å². The van der Waals surface area contributed by atoms with Gasteiger partial charge in [-0.05, 0) is 56.0 Å². The number of hydrogen-bond donors (Lipinski definition) is 1. The monoisotopic (exact) mass is 421 g/mol. The van der Waals surface area contributed by atoms with Crippen molar-refractivity contribution in [2.75, 3.05) is 19.8 Å². The summed E-state index contributed by atoms with van der Waals surface area (Å²) in [4.78, 5) is 25.0. The number of benzene rings is 2. The second-order valence-electron chi connectivity index (χ2n) is 6.93. The van der Waals surface area contributed by atoms with E-state index in [-0.39, 0.29) is 5.56 Å². The molecular weight excluding hydrogens is 394 g/mol. The molecule has 0 aliphatic carbocycles. The molecule has 0 radical (unpaired) electrons. The van der Waals surface area contributed by atoms with Crippen LogP contribution in [-0.2, 0) is 12.8 Å². The lowest BCUT2D eigenvalue weighted by molar-refractivity contribution is 0.0950. The molecule has 6 heteroatoms. The standard InChI is InChI=1S/C25H27NO5/c1-4-8-18-9-7-10-19-16-20(25(28)31-23(18)19)24(27)26-14-13-17-11-12-21(29-5-2)22(15-17)30-6-3/h4,7,9-12,15-16H,1,5-6,8,13-14H2,2-3H3,(H,26,27). The van der Waals surface area contributed by atoms with Gasteiger partial charge in [-0.1, -0.05) is 30.3 Å². The molecule has 1 amide bonds. The molecular formula is C25H27NO5. The van der Waals surface area contributed by atoms with Gasteiger partial charge in [0.15, 0.2) is 11.5 Å². The van der Waals surface area contributed by atoms with Gasteiger partial charge in [0.05, 0.1) is 13.2 Å². The number of carbonyl (C=O) groups excluding carboxylic acids is 1. The first-order valence-electron chi connectivity index (χ1n) is 10.4. The topological polar surface area (TPSA) is 77.8 Å². The lowest BCUT2D eigenvalue weighted by Gasteiger charge is -2.12. The predicted octanol–water partition coefficient (Wildman–Crippen LogP) is 4.29. The first-order valence-corrected chi connectivity index (χ1v) is 10.4. The third-order valence-corrected chi connectivity index (χ3v) is 4.76. The van der Waals surface area contributed by atoms with Crippen LogP contribution < -0.4 is 20.4 Å². The summed E-state index contributed by atoms with van der Waals surface area (Å²) in [6.07, 6.45) is 2.91. The third-order valence-electron chi connectivity index (χ3n) is 4.76. The van der Waals surface area contributed by atoms with Gasteiger partial charge in [0, 0.05) is 11.9 Å². The van der Waals surface area contributed by atoms with Gasteiger partial charge in [0.1, 0.15) is 11.1 Å². The van der Waals surface area contributed by atoms with Crippen LogP contribution in [0, 0.1) is 0 Å². The summed E-state index contributed by atoms with van der Waals surface area (Å²) in [5.74, 6) is 0.918. The van der Waals surface area contributed by atoms with Crippen molar-refractivity contribution in [2.24, 2.45) is 0 Å². The van der Waals surface area contributed by atoms with Gasteiger partial charge in [-0.2, -0.15) is 0 Å². The van der Waals surface area contributed by atoms with Gasteiger partial charge < -0.3 is 19.2 Å². The molecule has 3 rings (SSSR count). The Kier molecular flexibility index (Phi) is 7.49. The highest BCUT2D eigenvalue weighted by Crippen LogP contribution is 2.28. The number of amides is 1. The van der Waals surface area contributed by atoms with Crippen molar-refractivity contribution >= 4 is 16.9 Å². The average molecular weight is 421 g/mol. The number of carbonyl (C=O) groups is 1. The maximum Gasteiger partial charge on any atom is 0.349 e. The number of rotatable bonds is 10. The van der Waals surface area contributed by atoms with E-state index in [4.69, 9.17) is 13.9 Å². The summed E-state index contributed by atoms with van der Waals surface area (Å²) in [7, 11) is 0. The van der Waals surface area contributed by atoms with Crippen LogP contribution in [0.15, 0.2) is 64.3 Å². The largest absolute Gasteiger partial charge is 0.490 e. The molecule has 162 valence electrons. The van der Waals surface area contributed by atoms with Crippen molar-refractivity contribution < 1.29 is 18.7 Å². The van der Waals surface area contributed by atoms with Crippen LogP contribution in [0.4, 0.5) is 0 Å². The van der Waals surface area contributed by atoms with Crippen molar-refractivity contribution in [2.45, 2.75) is 26.7 Å². The number of fused-ring (bicyclic) bond motifs is 1. The molecule has 1 aromatic heterocycles. The molecule has 0 fully saturated rings. The fraction of sp³-hybridized carbons (Fsp3) is 0.280. The summed E-state index contributed by atoms with van der Waals surface area (Å²) in [6, 6.07) is 12.8. The van der Waals surface area contributed by atoms with E-state index in [1.54, 1.807) is 12.1 Å². The fourth-order valence-electron chi connectivity index (χ4n) is 3.35. The van der Waals surface area contributed by atoms with Crippen LogP contribution in [-0.4, -0.2) is 25.7 Å². The van der Waals surface area contributed by atoms with Crippen molar-refractivity contribution in [3.8, 4) is 11.5 Å². The lowest BCUT2D eigenvalue weighted by atomic mass is 10.1. The van der Waals surface area contributed by atoms with E-state index in [1.807, 2.05) is 50.2 Å². The number of para-hydroxylation sites is 1. The Morgan fingerprint density at radius 2 is 1.87 bits per heavy atom. The van der Waals surface area contributed by atoms with E-state index < -0.39 is 11.5 Å². The van der Waals surface area contributed by atoms with E-state index in [0.29, 0.717) is 55.1 Å². The molecule has 0 atom stereocenters. The van der Waals surface area contributed by atoms with Crippen molar-refractivity contribution in [1.82, 2.24) is 5.32 Å². The summed E-state index contributed by atoms with van der Waals surface area (Å²) < 4.78 is 16.7. The Balaban J connectivity index is 1.70. The first kappa shape index (κ1) is 22.2. The molecule has 2 aromatic carbocycles. The van der Waals surface area contributed by atoms with Crippen molar-refractivity contribution in [3.05, 3.63) is 82.2 Å². The van der Waals surface area contributed by atoms with Crippen LogP contribution in [0.1, 0.15) is 35.3 Å². The third kappa shape index (κ3) is 5.34. The number of ether oxygens (including phenoxy) is 2. The number of nitrogens with one attached hydrogen (secondary N) is 1. The number of hydrogen-bond acceptors (Lipinski definition) is 5. The van der Waals surface area contributed by atoms with Gasteiger partial charge in [-0.15, -0.1) is 6.58 Å². The fourth-order valence-corrected chi connectivity index (χ4v) is 3.35. The maximum absolute atomic E-state index is 12.6. The highest BCUT2D eigenvalue weighted by atomic mass is 16.5. The van der Waals surface area contributed by atoms with Crippen LogP contribution in [0.25, 0.3) is 11.0 Å².